The Morgan fingerprint density at radius 1 is 0.886 bits per heavy atom. The fourth-order valence-electron chi connectivity index (χ4n) is 4.30. The van der Waals surface area contributed by atoms with E-state index in [9.17, 15) is 4.79 Å². The predicted octanol–water partition coefficient (Wildman–Crippen LogP) is 4.42. The molecule has 7 nitrogen and oxygen atoms in total. The second-order valence-electron chi connectivity index (χ2n) is 8.54. The van der Waals surface area contributed by atoms with E-state index in [4.69, 9.17) is 9.47 Å². The Hall–Kier alpha value is -4.13. The maximum Gasteiger partial charge on any atom is 0.263 e. The van der Waals surface area contributed by atoms with E-state index < -0.39 is 6.10 Å². The first-order valence-corrected chi connectivity index (χ1v) is 11.8. The van der Waals surface area contributed by atoms with E-state index in [1.165, 1.54) is 0 Å². The molecule has 2 heterocycles. The Bertz CT molecular complexity index is 1320. The summed E-state index contributed by atoms with van der Waals surface area (Å²) in [6, 6.07) is 23.4. The van der Waals surface area contributed by atoms with Crippen molar-refractivity contribution in [2.24, 2.45) is 0 Å². The van der Waals surface area contributed by atoms with Gasteiger partial charge in [0.2, 0.25) is 0 Å². The third-order valence-electron chi connectivity index (χ3n) is 6.27. The van der Waals surface area contributed by atoms with Crippen molar-refractivity contribution in [3.63, 3.8) is 0 Å². The second kappa shape index (κ2) is 10.0. The average molecular weight is 469 g/mol. The summed E-state index contributed by atoms with van der Waals surface area (Å²) in [5.41, 5.74) is 4.58. The number of methoxy groups -OCH3 is 1. The summed E-state index contributed by atoms with van der Waals surface area (Å²) in [7, 11) is 1.67. The van der Waals surface area contributed by atoms with Gasteiger partial charge in [-0.25, -0.2) is 4.98 Å². The number of amides is 1. The van der Waals surface area contributed by atoms with E-state index >= 15 is 0 Å². The van der Waals surface area contributed by atoms with Gasteiger partial charge in [-0.2, -0.15) is 0 Å². The minimum absolute atomic E-state index is 0.000218. The van der Waals surface area contributed by atoms with Crippen LogP contribution >= 0.6 is 0 Å². The summed E-state index contributed by atoms with van der Waals surface area (Å²) >= 11 is 0. The number of para-hydroxylation sites is 2. The van der Waals surface area contributed by atoms with Crippen LogP contribution in [0.5, 0.6) is 11.5 Å². The zero-order chi connectivity index (χ0) is 24.2. The highest BCUT2D eigenvalue weighted by Gasteiger charge is 2.26. The van der Waals surface area contributed by atoms with Crippen molar-refractivity contribution >= 4 is 22.6 Å². The van der Waals surface area contributed by atoms with Gasteiger partial charge in [-0.1, -0.05) is 18.2 Å². The topological polar surface area (TPSA) is 67.8 Å². The van der Waals surface area contributed by atoms with Crippen molar-refractivity contribution < 1.29 is 14.3 Å². The summed E-state index contributed by atoms with van der Waals surface area (Å²) in [4.78, 5) is 26.3. The molecule has 35 heavy (non-hydrogen) atoms. The molecular formula is C28H28N4O3. The zero-order valence-corrected chi connectivity index (χ0v) is 19.9. The first-order chi connectivity index (χ1) is 17.1. The van der Waals surface area contributed by atoms with Gasteiger partial charge in [-0.15, -0.1) is 0 Å². The van der Waals surface area contributed by atoms with Gasteiger partial charge in [0.1, 0.15) is 11.5 Å². The van der Waals surface area contributed by atoms with Crippen LogP contribution in [0, 0.1) is 0 Å². The maximum absolute atomic E-state index is 13.0. The summed E-state index contributed by atoms with van der Waals surface area (Å²) in [5, 5.41) is 0. The number of carbonyl (C=O) groups is 1. The minimum Gasteiger partial charge on any atom is -0.497 e. The molecule has 5 rings (SSSR count). The van der Waals surface area contributed by atoms with Gasteiger partial charge in [0.05, 0.1) is 30.0 Å². The van der Waals surface area contributed by atoms with Crippen LogP contribution in [-0.2, 0) is 4.79 Å². The third kappa shape index (κ3) is 5.04. The lowest BCUT2D eigenvalue weighted by Gasteiger charge is -2.37. The van der Waals surface area contributed by atoms with Crippen molar-refractivity contribution in [2.75, 3.05) is 38.2 Å². The summed E-state index contributed by atoms with van der Waals surface area (Å²) < 4.78 is 11.3. The van der Waals surface area contributed by atoms with Gasteiger partial charge in [0, 0.05) is 43.5 Å². The molecule has 3 aromatic carbocycles. The standard InChI is InChI=1S/C28H28N4O3/c1-20(28(33)32-16-14-31(15-17-32)22-6-5-7-24(18-22)34-2)35-23-12-10-21(11-13-23)27-19-29-25-8-3-4-9-26(25)30-27/h3-13,18-20H,14-17H2,1-2H3/t20-/m0/s1. The molecule has 0 bridgehead atoms. The molecule has 7 heteroatoms. The lowest BCUT2D eigenvalue weighted by atomic mass is 10.1. The van der Waals surface area contributed by atoms with Crippen LogP contribution < -0.4 is 14.4 Å². The van der Waals surface area contributed by atoms with Crippen molar-refractivity contribution in [2.45, 2.75) is 13.0 Å². The number of aromatic nitrogens is 2. The molecule has 1 aliphatic rings. The number of ether oxygens (including phenoxy) is 2. The number of nitrogens with zero attached hydrogens (tertiary/aromatic N) is 4. The molecule has 1 aliphatic heterocycles. The molecular weight excluding hydrogens is 440 g/mol. The van der Waals surface area contributed by atoms with Crippen LogP contribution in [-0.4, -0.2) is 60.2 Å². The van der Waals surface area contributed by atoms with Crippen molar-refractivity contribution in [3.05, 3.63) is 79.0 Å². The van der Waals surface area contributed by atoms with Crippen molar-refractivity contribution in [1.82, 2.24) is 14.9 Å². The van der Waals surface area contributed by atoms with E-state index in [1.807, 2.05) is 71.6 Å². The molecule has 0 radical (unpaired) electrons. The van der Waals surface area contributed by atoms with E-state index in [2.05, 4.69) is 20.9 Å². The number of benzene rings is 3. The Morgan fingerprint density at radius 2 is 1.63 bits per heavy atom. The van der Waals surface area contributed by atoms with Gasteiger partial charge in [-0.05, 0) is 55.5 Å². The highest BCUT2D eigenvalue weighted by molar-refractivity contribution is 5.81. The van der Waals surface area contributed by atoms with Crippen LogP contribution in [0.15, 0.2) is 79.0 Å². The molecule has 0 aliphatic carbocycles. The first-order valence-electron chi connectivity index (χ1n) is 11.8. The highest BCUT2D eigenvalue weighted by Crippen LogP contribution is 2.24. The summed E-state index contributed by atoms with van der Waals surface area (Å²) in [5.74, 6) is 1.49. The number of rotatable bonds is 6. The van der Waals surface area contributed by atoms with E-state index in [0.29, 0.717) is 18.8 Å². The Kier molecular flexibility index (Phi) is 6.48. The molecule has 0 saturated carbocycles. The molecule has 1 amide bonds. The summed E-state index contributed by atoms with van der Waals surface area (Å²) in [6.45, 7) is 4.66. The Labute approximate surface area is 204 Å². The number of piperazine rings is 1. The summed E-state index contributed by atoms with van der Waals surface area (Å²) in [6.07, 6.45) is 1.21. The Balaban J connectivity index is 1.18. The molecule has 0 N–H and O–H groups in total. The fourth-order valence-corrected chi connectivity index (χ4v) is 4.30. The van der Waals surface area contributed by atoms with E-state index in [1.54, 1.807) is 20.2 Å². The molecule has 1 fully saturated rings. The van der Waals surface area contributed by atoms with Gasteiger partial charge < -0.3 is 19.3 Å². The number of carbonyl (C=O) groups excluding carboxylic acids is 1. The van der Waals surface area contributed by atoms with Crippen molar-refractivity contribution in [3.8, 4) is 22.8 Å². The number of hydrogen-bond acceptors (Lipinski definition) is 6. The largest absolute Gasteiger partial charge is 0.497 e. The second-order valence-corrected chi connectivity index (χ2v) is 8.54. The van der Waals surface area contributed by atoms with Crippen molar-refractivity contribution in [1.29, 1.82) is 0 Å². The normalized spacial score (nSPS) is 14.6. The van der Waals surface area contributed by atoms with E-state index in [-0.39, 0.29) is 5.91 Å². The monoisotopic (exact) mass is 468 g/mol. The van der Waals surface area contributed by atoms with Gasteiger partial charge in [0.25, 0.3) is 5.91 Å². The maximum atomic E-state index is 13.0. The molecule has 0 spiro atoms. The Morgan fingerprint density at radius 3 is 2.37 bits per heavy atom. The molecule has 4 aromatic rings. The van der Waals surface area contributed by atoms with Crippen LogP contribution in [0.4, 0.5) is 5.69 Å². The quantitative estimate of drug-likeness (QED) is 0.417. The molecule has 0 unspecified atom stereocenters. The molecule has 1 saturated heterocycles. The van der Waals surface area contributed by atoms with Gasteiger partial charge >= 0.3 is 0 Å². The van der Waals surface area contributed by atoms with Crippen LogP contribution in [0.1, 0.15) is 6.92 Å². The lowest BCUT2D eigenvalue weighted by molar-refractivity contribution is -0.138. The fraction of sp³-hybridized carbons (Fsp3) is 0.250. The van der Waals surface area contributed by atoms with Gasteiger partial charge in [0.15, 0.2) is 6.10 Å². The van der Waals surface area contributed by atoms with Crippen LogP contribution in [0.3, 0.4) is 0 Å². The predicted molar refractivity (Wildman–Crippen MR) is 137 cm³/mol. The van der Waals surface area contributed by atoms with Crippen LogP contribution in [0.25, 0.3) is 22.3 Å². The number of anilines is 1. The lowest BCUT2D eigenvalue weighted by Crippen LogP contribution is -2.52. The SMILES string of the molecule is COc1cccc(N2CCN(C(=O)[C@H](C)Oc3ccc(-c4cnc5ccccc5n4)cc3)CC2)c1. The first kappa shape index (κ1) is 22.7. The molecule has 1 aromatic heterocycles. The minimum atomic E-state index is -0.565. The van der Waals surface area contributed by atoms with Crippen LogP contribution in [0.2, 0.25) is 0 Å². The van der Waals surface area contributed by atoms with E-state index in [0.717, 1.165) is 46.8 Å². The number of hydrogen-bond donors (Lipinski definition) is 0. The smallest absolute Gasteiger partial charge is 0.263 e. The third-order valence-corrected chi connectivity index (χ3v) is 6.27. The average Bonchev–Trinajstić information content (AvgIpc) is 2.93. The highest BCUT2D eigenvalue weighted by atomic mass is 16.5. The molecule has 1 atom stereocenters. The zero-order valence-electron chi connectivity index (χ0n) is 19.9. The van der Waals surface area contributed by atoms with Gasteiger partial charge in [-0.3, -0.25) is 9.78 Å². The molecule has 178 valence electrons. The number of fused-ring (bicyclic) bond motifs is 1.